The lowest BCUT2D eigenvalue weighted by atomic mass is 9.92. The van der Waals surface area contributed by atoms with E-state index in [0.717, 1.165) is 135 Å². The second kappa shape index (κ2) is 34.1. The van der Waals surface area contributed by atoms with Gasteiger partial charge >= 0.3 is 0 Å². The molecular weight excluding hydrogens is 937 g/mol. The first-order valence-electron chi connectivity index (χ1n) is 26.9. The molecule has 0 atom stereocenters. The Morgan fingerprint density at radius 1 is 0.446 bits per heavy atom. The van der Waals surface area contributed by atoms with Crippen molar-refractivity contribution in [1.82, 2.24) is 9.80 Å². The number of hydrogen-bond acceptors (Lipinski definition) is 14. The number of nitrogens with zero attached hydrogens (tertiary/aromatic N) is 4. The number of amidine groups is 2. The average molecular weight is 1020 g/mol. The van der Waals surface area contributed by atoms with Crippen molar-refractivity contribution in [2.75, 3.05) is 92.1 Å². The van der Waals surface area contributed by atoms with E-state index in [2.05, 4.69) is 20.1 Å². The first kappa shape index (κ1) is 58.4. The Morgan fingerprint density at radius 2 is 0.743 bits per heavy atom. The maximum atomic E-state index is 7.83. The molecule has 6 N–H and O–H groups in total. The number of oxime groups is 2. The van der Waals surface area contributed by atoms with Gasteiger partial charge in [-0.05, 0) is 227 Å². The quantitative estimate of drug-likeness (QED) is 0.0167. The van der Waals surface area contributed by atoms with Crippen molar-refractivity contribution in [3.05, 3.63) is 119 Å². The molecule has 2 saturated heterocycles. The first-order chi connectivity index (χ1) is 36.2. The van der Waals surface area contributed by atoms with Gasteiger partial charge in [-0.3, -0.25) is 10.8 Å². The van der Waals surface area contributed by atoms with E-state index >= 15 is 0 Å². The molecule has 0 radical (unpaired) electrons. The molecule has 0 amide bonds. The Morgan fingerprint density at radius 3 is 1.04 bits per heavy atom. The summed E-state index contributed by atoms with van der Waals surface area (Å²) in [7, 11) is 0. The van der Waals surface area contributed by atoms with Crippen LogP contribution in [0.4, 0.5) is 0 Å². The van der Waals surface area contributed by atoms with Crippen LogP contribution in [0.1, 0.15) is 114 Å². The minimum atomic E-state index is 0.200. The molecule has 0 spiro atoms. The van der Waals surface area contributed by atoms with Gasteiger partial charge in [-0.2, -0.15) is 0 Å². The molecule has 2 aliphatic heterocycles. The number of likely N-dealkylation sites (tertiary alicyclic amines) is 2. The summed E-state index contributed by atoms with van der Waals surface area (Å²) in [4.78, 5) is 15.1. The first-order valence-corrected chi connectivity index (χ1v) is 26.9. The SMILES string of the molecule is CCO/N=C(\N)c1ccc(OCCCC2CCN(CCCOc3ccc(/C(N)=N/OCC)cc3)CC2)cc1.CCOC(=N)c1ccc(OCCCC2CCN(CCCOc3ccc(C(=N)OCC)cc3)CC2)cc1. The molecule has 0 aliphatic carbocycles. The molecular formula is C58H84N8O8. The van der Waals surface area contributed by atoms with Gasteiger partial charge in [0.25, 0.3) is 0 Å². The van der Waals surface area contributed by atoms with Gasteiger partial charge in [0.05, 0.1) is 39.6 Å². The standard InChI is InChI=1S/C29H43N5O4.C29H41N3O4/c1-3-37-32-28(30)24-8-12-26(13-9-24)35-21-5-7-23-16-19-34(20-17-23)18-6-22-36-27-14-10-25(11-15-27)29(31)33-38-4-2;1-3-33-28(30)24-8-12-26(13-9-24)35-21-5-7-23-16-19-32(20-17-23)18-6-22-36-27-14-10-25(11-15-27)29(31)34-4-2/h8-15,23H,3-7,16-22H2,1-2H3,(H2,30,32)(H2,31,33);8-15,23,30-31H,3-7,16-22H2,1-2H3. The van der Waals surface area contributed by atoms with Crippen molar-refractivity contribution in [2.24, 2.45) is 33.6 Å². The van der Waals surface area contributed by atoms with E-state index in [1.165, 1.54) is 38.5 Å². The van der Waals surface area contributed by atoms with Crippen LogP contribution in [-0.2, 0) is 19.1 Å². The monoisotopic (exact) mass is 1020 g/mol. The molecule has 74 heavy (non-hydrogen) atoms. The fourth-order valence-corrected chi connectivity index (χ4v) is 8.76. The predicted octanol–water partition coefficient (Wildman–Crippen LogP) is 10.1. The maximum Gasteiger partial charge on any atom is 0.213 e. The Labute approximate surface area is 440 Å². The zero-order chi connectivity index (χ0) is 52.6. The molecule has 0 aromatic heterocycles. The van der Waals surface area contributed by atoms with Crippen LogP contribution in [0.15, 0.2) is 107 Å². The van der Waals surface area contributed by atoms with Crippen LogP contribution in [0.5, 0.6) is 23.0 Å². The fraction of sp³-hybridized carbons (Fsp3) is 0.517. The van der Waals surface area contributed by atoms with E-state index in [1.807, 2.05) is 125 Å². The summed E-state index contributed by atoms with van der Waals surface area (Å²) >= 11 is 0. The van der Waals surface area contributed by atoms with Crippen LogP contribution in [0.3, 0.4) is 0 Å². The minimum Gasteiger partial charge on any atom is -0.494 e. The highest BCUT2D eigenvalue weighted by atomic mass is 16.6. The highest BCUT2D eigenvalue weighted by Gasteiger charge is 2.20. The lowest BCUT2D eigenvalue weighted by molar-refractivity contribution is 0.158. The van der Waals surface area contributed by atoms with Gasteiger partial charge in [0, 0.05) is 35.3 Å². The molecule has 2 fully saturated rings. The van der Waals surface area contributed by atoms with E-state index in [0.29, 0.717) is 51.3 Å². The maximum absolute atomic E-state index is 7.83. The molecule has 2 aliphatic rings. The van der Waals surface area contributed by atoms with Crippen molar-refractivity contribution in [2.45, 2.75) is 91.9 Å². The Hall–Kier alpha value is -6.52. The second-order valence-electron chi connectivity index (χ2n) is 18.4. The summed E-state index contributed by atoms with van der Waals surface area (Å²) in [5.74, 6) is 6.09. The highest BCUT2D eigenvalue weighted by Crippen LogP contribution is 2.25. The van der Waals surface area contributed by atoms with Crippen molar-refractivity contribution in [3.63, 3.8) is 0 Å². The Bertz CT molecular complexity index is 2070. The van der Waals surface area contributed by atoms with Gasteiger partial charge in [-0.15, -0.1) is 0 Å². The van der Waals surface area contributed by atoms with Gasteiger partial charge in [0.1, 0.15) is 36.2 Å². The third-order valence-electron chi connectivity index (χ3n) is 12.9. The number of hydrogen-bond donors (Lipinski definition) is 4. The minimum absolute atomic E-state index is 0.200. The molecule has 404 valence electrons. The van der Waals surface area contributed by atoms with Crippen LogP contribution in [0, 0.1) is 22.7 Å². The van der Waals surface area contributed by atoms with Crippen molar-refractivity contribution >= 4 is 23.5 Å². The van der Waals surface area contributed by atoms with E-state index < -0.39 is 0 Å². The van der Waals surface area contributed by atoms with Crippen molar-refractivity contribution in [3.8, 4) is 23.0 Å². The Balaban J connectivity index is 0.000000274. The summed E-state index contributed by atoms with van der Waals surface area (Å²) in [6.07, 6.45) is 11.6. The molecule has 0 bridgehead atoms. The number of benzene rings is 4. The largest absolute Gasteiger partial charge is 0.494 e. The summed E-state index contributed by atoms with van der Waals surface area (Å²) < 4.78 is 34.0. The molecule has 4 aromatic carbocycles. The van der Waals surface area contributed by atoms with Crippen LogP contribution in [0.25, 0.3) is 0 Å². The lowest BCUT2D eigenvalue weighted by Gasteiger charge is -2.32. The summed E-state index contributed by atoms with van der Waals surface area (Å²) in [6.45, 7) is 19.1. The average Bonchev–Trinajstić information content (AvgIpc) is 3.43. The molecule has 16 heteroatoms. The van der Waals surface area contributed by atoms with Crippen LogP contribution in [-0.4, -0.2) is 125 Å². The van der Waals surface area contributed by atoms with Gasteiger partial charge < -0.3 is 59.4 Å². The van der Waals surface area contributed by atoms with Crippen LogP contribution >= 0.6 is 0 Å². The van der Waals surface area contributed by atoms with Gasteiger partial charge in [-0.25, -0.2) is 0 Å². The Kier molecular flexibility index (Phi) is 26.9. The number of ether oxygens (including phenoxy) is 6. The second-order valence-corrected chi connectivity index (χ2v) is 18.4. The summed E-state index contributed by atoms with van der Waals surface area (Å²) in [6, 6.07) is 30.4. The zero-order valence-corrected chi connectivity index (χ0v) is 44.6. The molecule has 0 unspecified atom stereocenters. The van der Waals surface area contributed by atoms with Crippen molar-refractivity contribution < 1.29 is 38.1 Å². The van der Waals surface area contributed by atoms with Gasteiger partial charge in [0.15, 0.2) is 11.7 Å². The summed E-state index contributed by atoms with van der Waals surface area (Å²) in [5, 5.41) is 23.4. The molecule has 0 saturated carbocycles. The number of piperidine rings is 2. The smallest absolute Gasteiger partial charge is 0.213 e. The number of rotatable bonds is 30. The van der Waals surface area contributed by atoms with E-state index in [-0.39, 0.29) is 11.8 Å². The molecule has 6 rings (SSSR count). The van der Waals surface area contributed by atoms with E-state index in [9.17, 15) is 0 Å². The van der Waals surface area contributed by atoms with E-state index in [4.69, 9.17) is 60.4 Å². The van der Waals surface area contributed by atoms with Gasteiger partial charge in [-0.1, -0.05) is 10.3 Å². The van der Waals surface area contributed by atoms with Gasteiger partial charge in [0.2, 0.25) is 11.8 Å². The topological polar surface area (TPSA) is 205 Å². The molecule has 4 aromatic rings. The normalized spacial score (nSPS) is 14.8. The van der Waals surface area contributed by atoms with E-state index in [1.54, 1.807) is 0 Å². The molecule has 16 nitrogen and oxygen atoms in total. The number of nitrogens with two attached hydrogens (primary N) is 2. The molecule has 2 heterocycles. The third-order valence-corrected chi connectivity index (χ3v) is 12.9. The van der Waals surface area contributed by atoms with Crippen LogP contribution < -0.4 is 30.4 Å². The fourth-order valence-electron chi connectivity index (χ4n) is 8.76. The zero-order valence-electron chi connectivity index (χ0n) is 44.6. The highest BCUT2D eigenvalue weighted by molar-refractivity contribution is 5.97. The number of nitrogens with one attached hydrogen (secondary N) is 2. The van der Waals surface area contributed by atoms with Crippen LogP contribution in [0.2, 0.25) is 0 Å². The predicted molar refractivity (Wildman–Crippen MR) is 295 cm³/mol. The summed E-state index contributed by atoms with van der Waals surface area (Å²) in [5.41, 5.74) is 15.0. The lowest BCUT2D eigenvalue weighted by Crippen LogP contribution is -2.35. The van der Waals surface area contributed by atoms with Crippen molar-refractivity contribution in [1.29, 1.82) is 10.8 Å². The third kappa shape index (κ3) is 21.9.